The van der Waals surface area contributed by atoms with E-state index in [9.17, 15) is 0 Å². The molecule has 100 valence electrons. The Morgan fingerprint density at radius 3 is 2.89 bits per heavy atom. The standard InChI is InChI=1S/C14H22N2O2/c1-4-17-13-6-5-11(9-16-13)15-10-12-7-8-14(2,3)18-12/h5-6,9,12,15H,4,7-8,10H2,1-3H3. The molecule has 1 saturated heterocycles. The second-order valence-electron chi connectivity index (χ2n) is 5.24. The summed E-state index contributed by atoms with van der Waals surface area (Å²) < 4.78 is 11.2. The lowest BCUT2D eigenvalue weighted by Gasteiger charge is -2.19. The predicted molar refractivity (Wildman–Crippen MR) is 72.1 cm³/mol. The number of nitrogens with one attached hydrogen (secondary N) is 1. The van der Waals surface area contributed by atoms with Gasteiger partial charge in [0.15, 0.2) is 0 Å². The number of hydrogen-bond donors (Lipinski definition) is 1. The first-order chi connectivity index (χ1) is 8.59. The molecule has 0 saturated carbocycles. The Bertz CT molecular complexity index is 376. The molecule has 1 aliphatic rings. The molecule has 0 amide bonds. The summed E-state index contributed by atoms with van der Waals surface area (Å²) >= 11 is 0. The second-order valence-corrected chi connectivity index (χ2v) is 5.24. The van der Waals surface area contributed by atoms with Gasteiger partial charge in [-0.1, -0.05) is 0 Å². The van der Waals surface area contributed by atoms with Crippen molar-refractivity contribution in [1.82, 2.24) is 4.98 Å². The summed E-state index contributed by atoms with van der Waals surface area (Å²) in [6.45, 7) is 7.72. The van der Waals surface area contributed by atoms with Crippen LogP contribution in [0.1, 0.15) is 33.6 Å². The van der Waals surface area contributed by atoms with Gasteiger partial charge < -0.3 is 14.8 Å². The number of aromatic nitrogens is 1. The van der Waals surface area contributed by atoms with E-state index in [-0.39, 0.29) is 5.60 Å². The summed E-state index contributed by atoms with van der Waals surface area (Å²) in [4.78, 5) is 4.22. The van der Waals surface area contributed by atoms with Gasteiger partial charge in [0.2, 0.25) is 5.88 Å². The molecule has 0 aliphatic carbocycles. The number of rotatable bonds is 5. The minimum absolute atomic E-state index is 0.0312. The number of ether oxygens (including phenoxy) is 2. The maximum Gasteiger partial charge on any atom is 0.213 e. The number of pyridine rings is 1. The van der Waals surface area contributed by atoms with Gasteiger partial charge in [0.25, 0.3) is 0 Å². The minimum atomic E-state index is 0.0312. The highest BCUT2D eigenvalue weighted by atomic mass is 16.5. The van der Waals surface area contributed by atoms with Crippen LogP contribution in [0.3, 0.4) is 0 Å². The Balaban J connectivity index is 1.80. The van der Waals surface area contributed by atoms with Crippen molar-refractivity contribution in [2.45, 2.75) is 45.3 Å². The molecule has 1 aliphatic heterocycles. The van der Waals surface area contributed by atoms with E-state index in [4.69, 9.17) is 9.47 Å². The van der Waals surface area contributed by atoms with E-state index in [1.807, 2.05) is 19.1 Å². The Hall–Kier alpha value is -1.29. The van der Waals surface area contributed by atoms with Gasteiger partial charge in [-0.2, -0.15) is 0 Å². The molecule has 2 rings (SSSR count). The highest BCUT2D eigenvalue weighted by Crippen LogP contribution is 2.29. The molecule has 0 bridgehead atoms. The molecule has 1 aromatic heterocycles. The van der Waals surface area contributed by atoms with Gasteiger partial charge in [-0.05, 0) is 39.7 Å². The molecule has 0 spiro atoms. The van der Waals surface area contributed by atoms with Crippen molar-refractivity contribution in [3.05, 3.63) is 18.3 Å². The molecule has 1 atom stereocenters. The molecule has 2 heterocycles. The average molecular weight is 250 g/mol. The molecule has 18 heavy (non-hydrogen) atoms. The van der Waals surface area contributed by atoms with Crippen LogP contribution in [0.15, 0.2) is 18.3 Å². The van der Waals surface area contributed by atoms with Crippen molar-refractivity contribution in [3.8, 4) is 5.88 Å². The molecule has 0 aromatic carbocycles. The van der Waals surface area contributed by atoms with Crippen molar-refractivity contribution in [3.63, 3.8) is 0 Å². The Kier molecular flexibility index (Phi) is 4.07. The molecular weight excluding hydrogens is 228 g/mol. The van der Waals surface area contributed by atoms with Crippen molar-refractivity contribution < 1.29 is 9.47 Å². The topological polar surface area (TPSA) is 43.4 Å². The lowest BCUT2D eigenvalue weighted by atomic mass is 10.1. The first kappa shape index (κ1) is 13.1. The summed E-state index contributed by atoms with van der Waals surface area (Å²) in [6, 6.07) is 3.86. The van der Waals surface area contributed by atoms with E-state index in [0.717, 1.165) is 25.1 Å². The summed E-state index contributed by atoms with van der Waals surface area (Å²) in [5.41, 5.74) is 1.04. The Morgan fingerprint density at radius 2 is 2.33 bits per heavy atom. The van der Waals surface area contributed by atoms with Gasteiger partial charge in [0.1, 0.15) is 0 Å². The summed E-state index contributed by atoms with van der Waals surface area (Å²) in [7, 11) is 0. The third-order valence-electron chi connectivity index (χ3n) is 3.12. The van der Waals surface area contributed by atoms with Gasteiger partial charge >= 0.3 is 0 Å². The molecule has 4 heteroatoms. The molecule has 1 N–H and O–H groups in total. The third-order valence-corrected chi connectivity index (χ3v) is 3.12. The van der Waals surface area contributed by atoms with Crippen LogP contribution in [0.25, 0.3) is 0 Å². The van der Waals surface area contributed by atoms with Crippen molar-refractivity contribution in [1.29, 1.82) is 0 Å². The first-order valence-electron chi connectivity index (χ1n) is 6.59. The zero-order valence-electron chi connectivity index (χ0n) is 11.4. The maximum absolute atomic E-state index is 5.93. The van der Waals surface area contributed by atoms with E-state index < -0.39 is 0 Å². The summed E-state index contributed by atoms with van der Waals surface area (Å²) in [5, 5.41) is 3.35. The van der Waals surface area contributed by atoms with Crippen molar-refractivity contribution in [2.75, 3.05) is 18.5 Å². The Labute approximate surface area is 109 Å². The fourth-order valence-corrected chi connectivity index (χ4v) is 2.17. The highest BCUT2D eigenvalue weighted by Gasteiger charge is 2.31. The minimum Gasteiger partial charge on any atom is -0.478 e. The van der Waals surface area contributed by atoms with Crippen LogP contribution >= 0.6 is 0 Å². The fraction of sp³-hybridized carbons (Fsp3) is 0.643. The van der Waals surface area contributed by atoms with E-state index in [0.29, 0.717) is 18.6 Å². The number of nitrogens with zero attached hydrogens (tertiary/aromatic N) is 1. The van der Waals surface area contributed by atoms with E-state index in [2.05, 4.69) is 24.1 Å². The van der Waals surface area contributed by atoms with E-state index in [1.165, 1.54) is 0 Å². The maximum atomic E-state index is 5.93. The van der Waals surface area contributed by atoms with Crippen LogP contribution in [-0.2, 0) is 4.74 Å². The van der Waals surface area contributed by atoms with E-state index in [1.54, 1.807) is 6.20 Å². The number of hydrogen-bond acceptors (Lipinski definition) is 4. The van der Waals surface area contributed by atoms with Gasteiger partial charge in [-0.3, -0.25) is 0 Å². The molecule has 1 unspecified atom stereocenters. The zero-order chi connectivity index (χ0) is 13.0. The van der Waals surface area contributed by atoms with Crippen LogP contribution in [0.4, 0.5) is 5.69 Å². The molecule has 1 aromatic rings. The molecular formula is C14H22N2O2. The largest absolute Gasteiger partial charge is 0.478 e. The van der Waals surface area contributed by atoms with E-state index >= 15 is 0 Å². The lowest BCUT2D eigenvalue weighted by Crippen LogP contribution is -2.24. The SMILES string of the molecule is CCOc1ccc(NCC2CCC(C)(C)O2)cn1. The molecule has 0 radical (unpaired) electrons. The smallest absolute Gasteiger partial charge is 0.213 e. The quantitative estimate of drug-likeness (QED) is 0.872. The Morgan fingerprint density at radius 1 is 1.50 bits per heavy atom. The van der Waals surface area contributed by atoms with Gasteiger partial charge in [-0.25, -0.2) is 4.98 Å². The first-order valence-corrected chi connectivity index (χ1v) is 6.59. The lowest BCUT2D eigenvalue weighted by molar-refractivity contribution is -0.00910. The number of anilines is 1. The van der Waals surface area contributed by atoms with Crippen molar-refractivity contribution >= 4 is 5.69 Å². The van der Waals surface area contributed by atoms with Crippen molar-refractivity contribution in [2.24, 2.45) is 0 Å². The zero-order valence-corrected chi connectivity index (χ0v) is 11.4. The monoisotopic (exact) mass is 250 g/mol. The summed E-state index contributed by atoms with van der Waals surface area (Å²) in [5.74, 6) is 0.668. The predicted octanol–water partition coefficient (Wildman–Crippen LogP) is 2.85. The van der Waals surface area contributed by atoms with Crippen LogP contribution in [0.5, 0.6) is 5.88 Å². The van der Waals surface area contributed by atoms with Gasteiger partial charge in [-0.15, -0.1) is 0 Å². The normalized spacial score (nSPS) is 21.8. The molecule has 4 nitrogen and oxygen atoms in total. The van der Waals surface area contributed by atoms with Crippen LogP contribution in [0, 0.1) is 0 Å². The van der Waals surface area contributed by atoms with Crippen LogP contribution in [0.2, 0.25) is 0 Å². The summed E-state index contributed by atoms with van der Waals surface area (Å²) in [6.07, 6.45) is 4.34. The van der Waals surface area contributed by atoms with Gasteiger partial charge in [0.05, 0.1) is 30.2 Å². The van der Waals surface area contributed by atoms with Gasteiger partial charge in [0, 0.05) is 12.6 Å². The van der Waals surface area contributed by atoms with Crippen LogP contribution in [-0.4, -0.2) is 29.8 Å². The fourth-order valence-electron chi connectivity index (χ4n) is 2.17. The third kappa shape index (κ3) is 3.60. The highest BCUT2D eigenvalue weighted by molar-refractivity contribution is 5.42. The average Bonchev–Trinajstić information content (AvgIpc) is 2.69. The van der Waals surface area contributed by atoms with Crippen LogP contribution < -0.4 is 10.1 Å². The second kappa shape index (κ2) is 5.57. The molecule has 1 fully saturated rings.